The summed E-state index contributed by atoms with van der Waals surface area (Å²) < 4.78 is 10.2. The smallest absolute Gasteiger partial charge is 0.305 e. The van der Waals surface area contributed by atoms with Gasteiger partial charge in [0.25, 0.3) is 0 Å². The number of allylic oxidation sites excluding steroid dienone is 3. The standard InChI is InChI=1S/C22H37NO3S.C4H8O2.C4H10.C2H6/c1-6-22(3,4)19-17-18(27-25-5)13-12-14-20(19)23-16-11-9-8-10-15-21(24)26-7-2;1-2-3-4(5)6;1-3-4-2;1-2/h12-14,17,20,23H,6-11,15-16H2,1-5H3;2-3H2,1H3,(H,5,6);3-4H2,1-2H3;1-2H3/p+1. The number of carbonyl (C=O) groups excluding carboxylic acids is 1. The topological polar surface area (TPSA) is 89.4 Å². The second kappa shape index (κ2) is 29.4. The Bertz CT molecular complexity index is 684. The molecule has 0 spiro atoms. The molecule has 0 saturated heterocycles. The molecule has 1 unspecified atom stereocenters. The highest BCUT2D eigenvalue weighted by molar-refractivity contribution is 7.98. The Labute approximate surface area is 245 Å². The Morgan fingerprint density at radius 1 is 0.974 bits per heavy atom. The zero-order valence-corrected chi connectivity index (χ0v) is 27.8. The number of hydrogen-bond donors (Lipinski definition) is 2. The van der Waals surface area contributed by atoms with Crippen LogP contribution in [0.5, 0.6) is 0 Å². The van der Waals surface area contributed by atoms with Gasteiger partial charge in [-0.2, -0.15) is 0 Å². The van der Waals surface area contributed by atoms with Crippen molar-refractivity contribution in [1.82, 2.24) is 0 Å². The molecule has 0 fully saturated rings. The van der Waals surface area contributed by atoms with Crippen LogP contribution in [0.15, 0.2) is 34.8 Å². The minimum absolute atomic E-state index is 0.0681. The third-order valence-corrected chi connectivity index (χ3v) is 6.72. The van der Waals surface area contributed by atoms with Crippen LogP contribution in [0.3, 0.4) is 0 Å². The van der Waals surface area contributed by atoms with E-state index in [0.29, 0.717) is 25.5 Å². The maximum absolute atomic E-state index is 11.3. The molecule has 0 heterocycles. The Morgan fingerprint density at radius 3 is 2.05 bits per heavy atom. The number of carboxylic acids is 1. The summed E-state index contributed by atoms with van der Waals surface area (Å²) in [4.78, 5) is 22.1. The lowest BCUT2D eigenvalue weighted by molar-refractivity contribution is -0.672. The summed E-state index contributed by atoms with van der Waals surface area (Å²) in [6, 6.07) is 0.366. The molecule has 1 aliphatic rings. The van der Waals surface area contributed by atoms with Crippen molar-refractivity contribution in [3.8, 4) is 0 Å². The quantitative estimate of drug-likeness (QED) is 0.110. The highest BCUT2D eigenvalue weighted by atomic mass is 32.2. The number of carbonyl (C=O) groups is 2. The molecule has 3 N–H and O–H groups in total. The van der Waals surface area contributed by atoms with E-state index in [0.717, 1.165) is 43.6 Å². The van der Waals surface area contributed by atoms with Crippen LogP contribution >= 0.6 is 12.0 Å². The van der Waals surface area contributed by atoms with E-state index in [4.69, 9.17) is 14.0 Å². The molecule has 1 rings (SSSR count). The summed E-state index contributed by atoms with van der Waals surface area (Å²) in [5.74, 6) is -0.779. The molecule has 7 heteroatoms. The van der Waals surface area contributed by atoms with Crippen LogP contribution in [0.2, 0.25) is 0 Å². The fourth-order valence-electron chi connectivity index (χ4n) is 3.39. The number of hydrogen-bond acceptors (Lipinski definition) is 5. The SMILES string of the molecule is CC.CCCC.CCCC(=O)O.CCOC(=O)CCCCCC[NH2+]C1C=CC=C(SOC)C=C1C(C)(C)CC. The predicted octanol–water partition coefficient (Wildman–Crippen LogP) is 8.25. The minimum Gasteiger partial charge on any atom is -0.481 e. The second-order valence-electron chi connectivity index (χ2n) is 9.70. The van der Waals surface area contributed by atoms with E-state index in [1.807, 2.05) is 27.7 Å². The van der Waals surface area contributed by atoms with E-state index >= 15 is 0 Å². The van der Waals surface area contributed by atoms with E-state index in [9.17, 15) is 9.59 Å². The molecule has 0 amide bonds. The lowest BCUT2D eigenvalue weighted by atomic mass is 9.77. The van der Waals surface area contributed by atoms with Gasteiger partial charge in [-0.3, -0.25) is 9.59 Å². The van der Waals surface area contributed by atoms with Crippen LogP contribution in [-0.4, -0.2) is 43.3 Å². The van der Waals surface area contributed by atoms with E-state index in [-0.39, 0.29) is 11.4 Å². The van der Waals surface area contributed by atoms with Crippen molar-refractivity contribution < 1.29 is 28.9 Å². The third kappa shape index (κ3) is 25.2. The van der Waals surface area contributed by atoms with Gasteiger partial charge in [0.05, 0.1) is 20.3 Å². The van der Waals surface area contributed by atoms with Gasteiger partial charge in [-0.05, 0) is 68.2 Å². The van der Waals surface area contributed by atoms with Gasteiger partial charge in [0, 0.05) is 29.8 Å². The van der Waals surface area contributed by atoms with Gasteiger partial charge < -0.3 is 19.3 Å². The average molecular weight is 573 g/mol. The fourth-order valence-corrected chi connectivity index (χ4v) is 3.89. The summed E-state index contributed by atoms with van der Waals surface area (Å²) >= 11 is 1.42. The zero-order chi connectivity index (χ0) is 30.5. The molecule has 0 saturated carbocycles. The number of carboxylic acid groups (broad SMARTS) is 1. The highest BCUT2D eigenvalue weighted by Crippen LogP contribution is 2.35. The van der Waals surface area contributed by atoms with E-state index in [1.165, 1.54) is 36.9 Å². The van der Waals surface area contributed by atoms with Crippen molar-refractivity contribution in [2.45, 2.75) is 133 Å². The summed E-state index contributed by atoms with van der Waals surface area (Å²) in [5, 5.41) is 10.4. The molecule has 0 aliphatic heterocycles. The van der Waals surface area contributed by atoms with Gasteiger partial charge in [0.15, 0.2) is 0 Å². The Morgan fingerprint density at radius 2 is 1.59 bits per heavy atom. The predicted molar refractivity (Wildman–Crippen MR) is 169 cm³/mol. The fraction of sp³-hybridized carbons (Fsp3) is 0.750. The van der Waals surface area contributed by atoms with Gasteiger partial charge in [-0.25, -0.2) is 0 Å². The number of quaternary nitrogens is 1. The van der Waals surface area contributed by atoms with E-state index < -0.39 is 5.97 Å². The molecule has 1 atom stereocenters. The maximum atomic E-state index is 11.3. The largest absolute Gasteiger partial charge is 0.481 e. The average Bonchev–Trinajstić information content (AvgIpc) is 3.12. The van der Waals surface area contributed by atoms with E-state index in [2.05, 4.69) is 64.2 Å². The number of esters is 1. The van der Waals surface area contributed by atoms with Crippen LogP contribution in [-0.2, 0) is 18.5 Å². The first-order valence-corrected chi connectivity index (χ1v) is 15.9. The molecule has 0 aromatic heterocycles. The number of aliphatic carboxylic acids is 1. The summed E-state index contributed by atoms with van der Waals surface area (Å²) in [5.41, 5.74) is 1.61. The number of unbranched alkanes of at least 4 members (excludes halogenated alkanes) is 4. The number of ether oxygens (including phenoxy) is 1. The first-order valence-electron chi connectivity index (χ1n) is 15.1. The van der Waals surface area contributed by atoms with Gasteiger partial charge in [0.1, 0.15) is 6.04 Å². The van der Waals surface area contributed by atoms with Crippen molar-refractivity contribution in [3.05, 3.63) is 34.8 Å². The number of rotatable bonds is 16. The van der Waals surface area contributed by atoms with Crippen LogP contribution in [0.25, 0.3) is 0 Å². The monoisotopic (exact) mass is 572 g/mol. The van der Waals surface area contributed by atoms with Crippen LogP contribution in [0, 0.1) is 5.41 Å². The Hall–Kier alpha value is -1.57. The zero-order valence-electron chi connectivity index (χ0n) is 26.9. The molecule has 6 nitrogen and oxygen atoms in total. The normalized spacial score (nSPS) is 14.2. The minimum atomic E-state index is -0.711. The van der Waals surface area contributed by atoms with Crippen molar-refractivity contribution >= 4 is 24.0 Å². The third-order valence-electron chi connectivity index (χ3n) is 6.11. The van der Waals surface area contributed by atoms with Crippen molar-refractivity contribution in [3.63, 3.8) is 0 Å². The summed E-state index contributed by atoms with van der Waals surface area (Å²) in [6.07, 6.45) is 18.5. The van der Waals surface area contributed by atoms with Gasteiger partial charge in [0.2, 0.25) is 0 Å². The highest BCUT2D eigenvalue weighted by Gasteiger charge is 2.30. The molecule has 1 aliphatic carbocycles. The molecule has 39 heavy (non-hydrogen) atoms. The Balaban J connectivity index is -0.000000905. The molecular formula is C32H62NO5S+. The van der Waals surface area contributed by atoms with Gasteiger partial charge in [-0.1, -0.05) is 80.7 Å². The van der Waals surface area contributed by atoms with E-state index in [1.54, 1.807) is 7.11 Å². The first-order chi connectivity index (χ1) is 18.6. The molecular weight excluding hydrogens is 510 g/mol. The molecule has 0 bridgehead atoms. The maximum Gasteiger partial charge on any atom is 0.305 e. The molecule has 230 valence electrons. The molecule has 0 aromatic rings. The molecule has 0 aromatic carbocycles. The van der Waals surface area contributed by atoms with Crippen LogP contribution < -0.4 is 5.32 Å². The van der Waals surface area contributed by atoms with Crippen molar-refractivity contribution in [2.24, 2.45) is 5.41 Å². The first kappa shape index (κ1) is 41.9. The second-order valence-corrected chi connectivity index (χ2v) is 10.7. The Kier molecular flexibility index (Phi) is 31.6. The van der Waals surface area contributed by atoms with Gasteiger partial charge in [-0.15, -0.1) is 0 Å². The van der Waals surface area contributed by atoms with Crippen LogP contribution in [0.1, 0.15) is 127 Å². The lowest BCUT2D eigenvalue weighted by Crippen LogP contribution is -2.90. The summed E-state index contributed by atoms with van der Waals surface area (Å²) in [6.45, 7) is 20.5. The van der Waals surface area contributed by atoms with Crippen LogP contribution in [0.4, 0.5) is 0 Å². The van der Waals surface area contributed by atoms with Gasteiger partial charge >= 0.3 is 11.9 Å². The summed E-state index contributed by atoms with van der Waals surface area (Å²) in [7, 11) is 1.71. The van der Waals surface area contributed by atoms with Crippen molar-refractivity contribution in [1.29, 1.82) is 0 Å². The number of nitrogens with two attached hydrogens (primary N) is 1. The molecule has 0 radical (unpaired) electrons. The van der Waals surface area contributed by atoms with Crippen molar-refractivity contribution in [2.75, 3.05) is 20.3 Å². The lowest BCUT2D eigenvalue weighted by Gasteiger charge is -2.30.